The fraction of sp³-hybridized carbons (Fsp3) is 0.652. The van der Waals surface area contributed by atoms with Gasteiger partial charge < -0.3 is 35.5 Å². The molecule has 3 atom stereocenters. The standard InChI is InChI=1S/C23H37ClN4O5/c1-26-23(30)33-12-11-32-21(18-6-3-7-19(24)14-18)8-9-28(2)22(29)27-15-20(25)13-17-5-4-10-31-16-17/h3,6-7,14,17,20-21H,4-5,8-13,15-16,25H2,1-2H3,(H,26,30)(H,27,29)/t17-,20-,21-/m1/s1. The summed E-state index contributed by atoms with van der Waals surface area (Å²) >= 11 is 6.14. The number of ether oxygens (including phenoxy) is 3. The summed E-state index contributed by atoms with van der Waals surface area (Å²) in [5.74, 6) is 0.464. The molecular weight excluding hydrogens is 448 g/mol. The van der Waals surface area contributed by atoms with Gasteiger partial charge in [-0.2, -0.15) is 0 Å². The van der Waals surface area contributed by atoms with Crippen LogP contribution in [0.2, 0.25) is 5.02 Å². The summed E-state index contributed by atoms with van der Waals surface area (Å²) in [6, 6.07) is 7.11. The van der Waals surface area contributed by atoms with Crippen molar-refractivity contribution >= 4 is 23.7 Å². The van der Waals surface area contributed by atoms with Crippen molar-refractivity contribution in [2.24, 2.45) is 11.7 Å². The molecule has 0 aromatic heterocycles. The zero-order valence-corrected chi connectivity index (χ0v) is 20.3. The predicted molar refractivity (Wildman–Crippen MR) is 127 cm³/mol. The van der Waals surface area contributed by atoms with Crippen LogP contribution < -0.4 is 16.4 Å². The van der Waals surface area contributed by atoms with E-state index in [0.29, 0.717) is 30.5 Å². The number of amides is 3. The van der Waals surface area contributed by atoms with Crippen LogP contribution in [0.5, 0.6) is 0 Å². The Morgan fingerprint density at radius 3 is 2.88 bits per heavy atom. The topological polar surface area (TPSA) is 115 Å². The quantitative estimate of drug-likeness (QED) is 0.393. The number of nitrogens with two attached hydrogens (primary N) is 1. The summed E-state index contributed by atoms with van der Waals surface area (Å²) in [5, 5.41) is 5.90. The fourth-order valence-corrected chi connectivity index (χ4v) is 3.92. The van der Waals surface area contributed by atoms with Gasteiger partial charge in [-0.15, -0.1) is 0 Å². The zero-order valence-electron chi connectivity index (χ0n) is 19.6. The average Bonchev–Trinajstić information content (AvgIpc) is 2.82. The van der Waals surface area contributed by atoms with Gasteiger partial charge in [0.05, 0.1) is 12.7 Å². The Bertz CT molecular complexity index is 733. The molecular formula is C23H37ClN4O5. The van der Waals surface area contributed by atoms with Crippen LogP contribution in [0, 0.1) is 5.92 Å². The summed E-state index contributed by atoms with van der Waals surface area (Å²) in [6.45, 7) is 2.81. The highest BCUT2D eigenvalue weighted by atomic mass is 35.5. The predicted octanol–water partition coefficient (Wildman–Crippen LogP) is 2.93. The molecule has 1 saturated heterocycles. The first-order valence-corrected chi connectivity index (χ1v) is 11.8. The second-order valence-electron chi connectivity index (χ2n) is 8.28. The van der Waals surface area contributed by atoms with Crippen molar-refractivity contribution in [2.45, 2.75) is 37.8 Å². The minimum Gasteiger partial charge on any atom is -0.447 e. The van der Waals surface area contributed by atoms with Gasteiger partial charge in [0.1, 0.15) is 6.61 Å². The van der Waals surface area contributed by atoms with Gasteiger partial charge >= 0.3 is 12.1 Å². The van der Waals surface area contributed by atoms with Gasteiger partial charge in [-0.25, -0.2) is 9.59 Å². The Morgan fingerprint density at radius 1 is 1.36 bits per heavy atom. The van der Waals surface area contributed by atoms with Crippen molar-refractivity contribution in [1.29, 1.82) is 0 Å². The van der Waals surface area contributed by atoms with E-state index < -0.39 is 6.09 Å². The first kappa shape index (κ1) is 27.2. The molecule has 0 spiro atoms. The number of nitrogens with one attached hydrogen (secondary N) is 2. The maximum Gasteiger partial charge on any atom is 0.406 e. The van der Waals surface area contributed by atoms with E-state index >= 15 is 0 Å². The van der Waals surface area contributed by atoms with Crippen molar-refractivity contribution in [3.05, 3.63) is 34.9 Å². The number of hydrogen-bond donors (Lipinski definition) is 3. The molecule has 0 aliphatic carbocycles. The van der Waals surface area contributed by atoms with Gasteiger partial charge in [-0.3, -0.25) is 0 Å². The number of hydrogen-bond acceptors (Lipinski definition) is 6. The van der Waals surface area contributed by atoms with E-state index in [1.54, 1.807) is 18.0 Å². The monoisotopic (exact) mass is 484 g/mol. The summed E-state index contributed by atoms with van der Waals surface area (Å²) in [5.41, 5.74) is 7.10. The van der Waals surface area contributed by atoms with Crippen molar-refractivity contribution in [2.75, 3.05) is 53.6 Å². The highest BCUT2D eigenvalue weighted by Gasteiger charge is 2.19. The molecule has 0 unspecified atom stereocenters. The van der Waals surface area contributed by atoms with Gasteiger partial charge in [0.25, 0.3) is 0 Å². The first-order chi connectivity index (χ1) is 15.9. The maximum absolute atomic E-state index is 12.5. The smallest absolute Gasteiger partial charge is 0.406 e. The largest absolute Gasteiger partial charge is 0.447 e. The van der Waals surface area contributed by atoms with Crippen molar-refractivity contribution in [3.8, 4) is 0 Å². The summed E-state index contributed by atoms with van der Waals surface area (Å²) in [6.07, 6.45) is 2.77. The third-order valence-corrected chi connectivity index (χ3v) is 5.77. The van der Waals surface area contributed by atoms with Crippen LogP contribution in [-0.4, -0.2) is 76.7 Å². The number of alkyl carbamates (subject to hydrolysis) is 1. The highest BCUT2D eigenvalue weighted by Crippen LogP contribution is 2.24. The molecule has 1 aliphatic rings. The van der Waals surface area contributed by atoms with Crippen LogP contribution in [0.4, 0.5) is 9.59 Å². The first-order valence-electron chi connectivity index (χ1n) is 11.4. The molecule has 186 valence electrons. The molecule has 1 aliphatic heterocycles. The van der Waals surface area contributed by atoms with Gasteiger partial charge in [0.15, 0.2) is 0 Å². The Hall–Kier alpha value is -2.07. The van der Waals surface area contributed by atoms with E-state index in [9.17, 15) is 9.59 Å². The summed E-state index contributed by atoms with van der Waals surface area (Å²) in [7, 11) is 3.23. The van der Waals surface area contributed by atoms with Gasteiger partial charge in [0, 0.05) is 51.5 Å². The van der Waals surface area contributed by atoms with Crippen LogP contribution >= 0.6 is 11.6 Å². The molecule has 0 bridgehead atoms. The van der Waals surface area contributed by atoms with Crippen LogP contribution in [-0.2, 0) is 14.2 Å². The minimum absolute atomic E-state index is 0.100. The van der Waals surface area contributed by atoms with Crippen LogP contribution in [0.15, 0.2) is 24.3 Å². The molecule has 2 rings (SSSR count). The van der Waals surface area contributed by atoms with E-state index in [-0.39, 0.29) is 31.4 Å². The van der Waals surface area contributed by atoms with E-state index in [2.05, 4.69) is 10.6 Å². The lowest BCUT2D eigenvalue weighted by molar-refractivity contribution is 0.0144. The Balaban J connectivity index is 1.79. The molecule has 33 heavy (non-hydrogen) atoms. The Morgan fingerprint density at radius 2 is 2.18 bits per heavy atom. The third-order valence-electron chi connectivity index (χ3n) is 5.54. The molecule has 1 heterocycles. The lowest BCUT2D eigenvalue weighted by Gasteiger charge is -2.26. The number of halogens is 1. The number of nitrogens with zero attached hydrogens (tertiary/aromatic N) is 1. The van der Waals surface area contributed by atoms with E-state index in [0.717, 1.165) is 38.0 Å². The number of benzene rings is 1. The number of urea groups is 1. The second kappa shape index (κ2) is 15.0. The maximum atomic E-state index is 12.5. The summed E-state index contributed by atoms with van der Waals surface area (Å²) in [4.78, 5) is 25.3. The molecule has 9 nitrogen and oxygen atoms in total. The minimum atomic E-state index is -0.511. The summed E-state index contributed by atoms with van der Waals surface area (Å²) < 4.78 is 16.4. The van der Waals surface area contributed by atoms with E-state index in [1.807, 2.05) is 18.2 Å². The molecule has 1 aromatic rings. The highest BCUT2D eigenvalue weighted by molar-refractivity contribution is 6.30. The molecule has 1 fully saturated rings. The van der Waals surface area contributed by atoms with Crippen LogP contribution in [0.25, 0.3) is 0 Å². The van der Waals surface area contributed by atoms with E-state index in [4.69, 9.17) is 31.5 Å². The number of carbonyl (C=O) groups excluding carboxylic acids is 2. The average molecular weight is 485 g/mol. The Kier molecular flexibility index (Phi) is 12.3. The molecule has 3 amide bonds. The second-order valence-corrected chi connectivity index (χ2v) is 8.71. The molecule has 0 radical (unpaired) electrons. The molecule has 4 N–H and O–H groups in total. The van der Waals surface area contributed by atoms with Crippen molar-refractivity contribution < 1.29 is 23.8 Å². The zero-order chi connectivity index (χ0) is 24.1. The third kappa shape index (κ3) is 10.6. The van der Waals surface area contributed by atoms with Crippen molar-refractivity contribution in [3.63, 3.8) is 0 Å². The van der Waals surface area contributed by atoms with E-state index in [1.165, 1.54) is 7.05 Å². The lowest BCUT2D eigenvalue weighted by Crippen LogP contribution is -2.44. The van der Waals surface area contributed by atoms with Gasteiger partial charge in [-0.05, 0) is 49.3 Å². The normalized spacial score (nSPS) is 17.6. The van der Waals surface area contributed by atoms with Crippen LogP contribution in [0.3, 0.4) is 0 Å². The Labute approximate surface area is 201 Å². The molecule has 0 saturated carbocycles. The van der Waals surface area contributed by atoms with Crippen LogP contribution in [0.1, 0.15) is 37.4 Å². The number of carbonyl (C=O) groups is 2. The molecule has 10 heteroatoms. The fourth-order valence-electron chi connectivity index (χ4n) is 3.72. The van der Waals surface area contributed by atoms with Gasteiger partial charge in [-0.1, -0.05) is 23.7 Å². The lowest BCUT2D eigenvalue weighted by atomic mass is 9.95. The number of rotatable bonds is 12. The SMILES string of the molecule is CNC(=O)OCCO[C@H](CCN(C)C(=O)NC[C@H](N)C[C@H]1CCCOC1)c1cccc(Cl)c1. The molecule has 1 aromatic carbocycles. The van der Waals surface area contributed by atoms with Crippen molar-refractivity contribution in [1.82, 2.24) is 15.5 Å². The van der Waals surface area contributed by atoms with Gasteiger partial charge in [0.2, 0.25) is 0 Å².